The van der Waals surface area contributed by atoms with Crippen molar-refractivity contribution in [2.45, 2.75) is 59.3 Å². The largest absolute Gasteiger partial charge is 0.478 e. The van der Waals surface area contributed by atoms with E-state index in [9.17, 15) is 9.90 Å². The van der Waals surface area contributed by atoms with Crippen molar-refractivity contribution in [3.05, 3.63) is 89.6 Å². The van der Waals surface area contributed by atoms with E-state index in [-0.39, 0.29) is 5.57 Å². The zero-order chi connectivity index (χ0) is 23.9. The summed E-state index contributed by atoms with van der Waals surface area (Å²) in [6, 6.07) is 9.55. The topological polar surface area (TPSA) is 61.8 Å². The standard InChI is InChI=1S/C28H38N2O3/c1-4-6-18-30(19-7-5-2)26(22-33-27-16-12-9-13-17-27)21-24(28(31)32)20-23(3)29-25-14-10-8-11-15-25/h8-10,12-14,16-17,20-22,29H,4-7,11,15,18-19H2,1-3H3,(H,31,32)/b23-20+,24-21+,26-22-. The van der Waals surface area contributed by atoms with E-state index in [4.69, 9.17) is 4.74 Å². The fraction of sp³-hybridized carbons (Fsp3) is 0.393. The third-order valence-electron chi connectivity index (χ3n) is 5.28. The summed E-state index contributed by atoms with van der Waals surface area (Å²) >= 11 is 0. The van der Waals surface area contributed by atoms with Gasteiger partial charge in [-0.15, -0.1) is 0 Å². The summed E-state index contributed by atoms with van der Waals surface area (Å²) in [5.74, 6) is -0.248. The van der Waals surface area contributed by atoms with Gasteiger partial charge in [-0.3, -0.25) is 0 Å². The molecule has 2 N–H and O–H groups in total. The predicted octanol–water partition coefficient (Wildman–Crippen LogP) is 6.55. The molecule has 0 amide bonds. The molecule has 33 heavy (non-hydrogen) atoms. The van der Waals surface area contributed by atoms with Gasteiger partial charge < -0.3 is 20.1 Å². The number of ether oxygens (including phenoxy) is 1. The molecule has 0 aliphatic heterocycles. The highest BCUT2D eigenvalue weighted by atomic mass is 16.5. The molecule has 1 aliphatic rings. The van der Waals surface area contributed by atoms with E-state index in [2.05, 4.69) is 30.1 Å². The summed E-state index contributed by atoms with van der Waals surface area (Å²) in [6.45, 7) is 7.92. The second-order valence-electron chi connectivity index (χ2n) is 8.18. The highest BCUT2D eigenvalue weighted by Crippen LogP contribution is 2.18. The molecular weight excluding hydrogens is 412 g/mol. The van der Waals surface area contributed by atoms with E-state index in [1.807, 2.05) is 49.4 Å². The number of carbonyl (C=O) groups is 1. The van der Waals surface area contributed by atoms with Crippen LogP contribution in [0.5, 0.6) is 5.75 Å². The van der Waals surface area contributed by atoms with Crippen LogP contribution in [-0.2, 0) is 4.79 Å². The number of nitrogens with one attached hydrogen (secondary N) is 1. The van der Waals surface area contributed by atoms with Crippen molar-refractivity contribution in [3.63, 3.8) is 0 Å². The lowest BCUT2D eigenvalue weighted by atomic mass is 10.1. The molecule has 0 bridgehead atoms. The molecule has 1 aliphatic carbocycles. The molecule has 0 aromatic heterocycles. The molecule has 0 fully saturated rings. The van der Waals surface area contributed by atoms with Gasteiger partial charge in [-0.1, -0.05) is 57.0 Å². The third-order valence-corrected chi connectivity index (χ3v) is 5.28. The number of hydrogen-bond donors (Lipinski definition) is 2. The summed E-state index contributed by atoms with van der Waals surface area (Å²) in [5, 5.41) is 13.3. The van der Waals surface area contributed by atoms with E-state index < -0.39 is 5.97 Å². The summed E-state index contributed by atoms with van der Waals surface area (Å²) in [5.41, 5.74) is 2.86. The van der Waals surface area contributed by atoms with Crippen LogP contribution >= 0.6 is 0 Å². The van der Waals surface area contributed by atoms with Gasteiger partial charge in [-0.2, -0.15) is 0 Å². The number of rotatable bonds is 14. The molecule has 5 heteroatoms. The lowest BCUT2D eigenvalue weighted by molar-refractivity contribution is -0.132. The maximum absolute atomic E-state index is 12.1. The number of unbranched alkanes of at least 4 members (excludes halogenated alkanes) is 2. The number of allylic oxidation sites excluding steroid dienone is 6. The molecule has 0 saturated carbocycles. The van der Waals surface area contributed by atoms with Crippen LogP contribution in [0, 0.1) is 0 Å². The number of hydrogen-bond acceptors (Lipinski definition) is 4. The molecule has 0 unspecified atom stereocenters. The Morgan fingerprint density at radius 1 is 1.12 bits per heavy atom. The first-order valence-electron chi connectivity index (χ1n) is 12.0. The zero-order valence-electron chi connectivity index (χ0n) is 20.2. The van der Waals surface area contributed by atoms with E-state index in [1.165, 1.54) is 0 Å². The van der Waals surface area contributed by atoms with Crippen LogP contribution in [0.15, 0.2) is 89.6 Å². The molecule has 0 spiro atoms. The minimum Gasteiger partial charge on any atom is -0.478 e. The first kappa shape index (κ1) is 26.0. The van der Waals surface area contributed by atoms with Crippen LogP contribution in [0.1, 0.15) is 59.3 Å². The average molecular weight is 451 g/mol. The maximum atomic E-state index is 12.1. The summed E-state index contributed by atoms with van der Waals surface area (Å²) < 4.78 is 5.92. The Balaban J connectivity index is 2.36. The van der Waals surface area contributed by atoms with Crippen LogP contribution < -0.4 is 10.1 Å². The maximum Gasteiger partial charge on any atom is 0.335 e. The van der Waals surface area contributed by atoms with Gasteiger partial charge in [0, 0.05) is 24.5 Å². The smallest absolute Gasteiger partial charge is 0.335 e. The number of aliphatic carboxylic acids is 1. The Bertz CT molecular complexity index is 887. The molecule has 5 nitrogen and oxygen atoms in total. The fourth-order valence-electron chi connectivity index (χ4n) is 3.45. The lowest BCUT2D eigenvalue weighted by Gasteiger charge is -2.26. The molecule has 178 valence electrons. The van der Waals surface area contributed by atoms with Crippen LogP contribution in [0.25, 0.3) is 0 Å². The van der Waals surface area contributed by atoms with Crippen molar-refractivity contribution >= 4 is 5.97 Å². The van der Waals surface area contributed by atoms with Crippen molar-refractivity contribution in [2.75, 3.05) is 13.1 Å². The Labute approximate surface area is 198 Å². The predicted molar refractivity (Wildman–Crippen MR) is 136 cm³/mol. The van der Waals surface area contributed by atoms with Crippen molar-refractivity contribution < 1.29 is 14.6 Å². The average Bonchev–Trinajstić information content (AvgIpc) is 2.82. The van der Waals surface area contributed by atoms with Crippen molar-refractivity contribution in [1.82, 2.24) is 10.2 Å². The number of benzene rings is 1. The van der Waals surface area contributed by atoms with Crippen LogP contribution in [0.2, 0.25) is 0 Å². The SMILES string of the molecule is CCCCN(CCCC)C(=C\Oc1ccccc1)/C=C(\C=C(/C)NC1=CC=CCC1)C(=O)O. The molecule has 2 rings (SSSR count). The Kier molecular flexibility index (Phi) is 11.7. The number of nitrogens with zero attached hydrogens (tertiary/aromatic N) is 1. The van der Waals surface area contributed by atoms with Crippen molar-refractivity contribution in [2.24, 2.45) is 0 Å². The molecule has 0 saturated heterocycles. The summed E-state index contributed by atoms with van der Waals surface area (Å²) in [7, 11) is 0. The molecule has 1 aromatic rings. The van der Waals surface area contributed by atoms with Gasteiger partial charge in [-0.05, 0) is 63.0 Å². The van der Waals surface area contributed by atoms with Gasteiger partial charge in [-0.25, -0.2) is 4.79 Å². The molecular formula is C28H38N2O3. The zero-order valence-corrected chi connectivity index (χ0v) is 20.2. The van der Waals surface area contributed by atoms with Crippen molar-refractivity contribution in [3.8, 4) is 5.75 Å². The fourth-order valence-corrected chi connectivity index (χ4v) is 3.45. The van der Waals surface area contributed by atoms with Gasteiger partial charge in [0.05, 0.1) is 11.3 Å². The monoisotopic (exact) mass is 450 g/mol. The molecule has 0 atom stereocenters. The molecule has 1 aromatic carbocycles. The van der Waals surface area contributed by atoms with Gasteiger partial charge in [0.15, 0.2) is 0 Å². The van der Waals surface area contributed by atoms with Crippen molar-refractivity contribution in [1.29, 1.82) is 0 Å². The second-order valence-corrected chi connectivity index (χ2v) is 8.18. The normalized spacial score (nSPS) is 14.6. The van der Waals surface area contributed by atoms with E-state index >= 15 is 0 Å². The summed E-state index contributed by atoms with van der Waals surface area (Å²) in [4.78, 5) is 14.4. The van der Waals surface area contributed by atoms with Crippen LogP contribution in [0.4, 0.5) is 0 Å². The van der Waals surface area contributed by atoms with E-state index in [1.54, 1.807) is 18.4 Å². The van der Waals surface area contributed by atoms with Gasteiger partial charge >= 0.3 is 5.97 Å². The number of carboxylic acid groups (broad SMARTS) is 1. The minimum absolute atomic E-state index is 0.216. The lowest BCUT2D eigenvalue weighted by Crippen LogP contribution is -2.25. The van der Waals surface area contributed by atoms with Gasteiger partial charge in [0.2, 0.25) is 0 Å². The highest BCUT2D eigenvalue weighted by Gasteiger charge is 2.13. The highest BCUT2D eigenvalue weighted by molar-refractivity contribution is 5.90. The van der Waals surface area contributed by atoms with Crippen LogP contribution in [0.3, 0.4) is 0 Å². The first-order chi connectivity index (χ1) is 16.0. The number of carboxylic acids is 1. The van der Waals surface area contributed by atoms with E-state index in [0.29, 0.717) is 0 Å². The Morgan fingerprint density at radius 2 is 1.82 bits per heavy atom. The number of para-hydroxylation sites is 1. The minimum atomic E-state index is -0.967. The van der Waals surface area contributed by atoms with Gasteiger partial charge in [0.25, 0.3) is 0 Å². The van der Waals surface area contributed by atoms with Crippen LogP contribution in [-0.4, -0.2) is 29.1 Å². The first-order valence-corrected chi connectivity index (χ1v) is 12.0. The Hall–Kier alpha value is -3.21. The third kappa shape index (κ3) is 9.85. The molecule has 0 radical (unpaired) electrons. The summed E-state index contributed by atoms with van der Waals surface area (Å²) in [6.07, 6.45) is 17.4. The quantitative estimate of drug-likeness (QED) is 0.191. The Morgan fingerprint density at radius 3 is 2.39 bits per heavy atom. The molecule has 0 heterocycles. The second kappa shape index (κ2) is 14.8. The van der Waals surface area contributed by atoms with Gasteiger partial charge in [0.1, 0.15) is 12.0 Å². The van der Waals surface area contributed by atoms with E-state index in [0.717, 1.165) is 74.5 Å².